The van der Waals surface area contributed by atoms with E-state index in [9.17, 15) is 4.79 Å². The zero-order valence-electron chi connectivity index (χ0n) is 10.2. The molecule has 1 atom stereocenters. The van der Waals surface area contributed by atoms with Crippen molar-refractivity contribution in [2.75, 3.05) is 26.2 Å². The first-order valence-electron chi connectivity index (χ1n) is 6.55. The zero-order chi connectivity index (χ0) is 11.4. The summed E-state index contributed by atoms with van der Waals surface area (Å²) in [6.07, 6.45) is 5.37. The van der Waals surface area contributed by atoms with E-state index in [0.717, 1.165) is 32.1 Å². The first kappa shape index (κ1) is 11.7. The van der Waals surface area contributed by atoms with Crippen LogP contribution in [0.2, 0.25) is 0 Å². The SMILES string of the molecule is CCC(CC1CC1)NCCN1CCNC1=O. The lowest BCUT2D eigenvalue weighted by Gasteiger charge is -2.19. The van der Waals surface area contributed by atoms with E-state index in [1.54, 1.807) is 0 Å². The molecule has 0 aromatic rings. The third-order valence-electron chi connectivity index (χ3n) is 3.57. The van der Waals surface area contributed by atoms with Crippen LogP contribution in [0.1, 0.15) is 32.6 Å². The van der Waals surface area contributed by atoms with E-state index >= 15 is 0 Å². The lowest BCUT2D eigenvalue weighted by molar-refractivity contribution is 0.216. The van der Waals surface area contributed by atoms with Crippen molar-refractivity contribution in [1.82, 2.24) is 15.5 Å². The van der Waals surface area contributed by atoms with Gasteiger partial charge in [0.05, 0.1) is 0 Å². The highest BCUT2D eigenvalue weighted by atomic mass is 16.2. The van der Waals surface area contributed by atoms with Crippen molar-refractivity contribution in [3.05, 3.63) is 0 Å². The summed E-state index contributed by atoms with van der Waals surface area (Å²) in [5, 5.41) is 6.39. The van der Waals surface area contributed by atoms with E-state index in [-0.39, 0.29) is 6.03 Å². The molecule has 0 spiro atoms. The number of hydrogen-bond acceptors (Lipinski definition) is 2. The first-order valence-corrected chi connectivity index (χ1v) is 6.55. The molecule has 4 nitrogen and oxygen atoms in total. The molecular formula is C12H23N3O. The summed E-state index contributed by atoms with van der Waals surface area (Å²) in [6, 6.07) is 0.746. The summed E-state index contributed by atoms with van der Waals surface area (Å²) < 4.78 is 0. The Balaban J connectivity index is 1.59. The van der Waals surface area contributed by atoms with Crippen LogP contribution in [0.5, 0.6) is 0 Å². The maximum atomic E-state index is 11.3. The van der Waals surface area contributed by atoms with E-state index < -0.39 is 0 Å². The Morgan fingerprint density at radius 2 is 2.38 bits per heavy atom. The van der Waals surface area contributed by atoms with Crippen LogP contribution in [0.15, 0.2) is 0 Å². The molecule has 4 heteroatoms. The molecule has 2 rings (SSSR count). The summed E-state index contributed by atoms with van der Waals surface area (Å²) in [7, 11) is 0. The van der Waals surface area contributed by atoms with Gasteiger partial charge in [0.2, 0.25) is 0 Å². The lowest BCUT2D eigenvalue weighted by atomic mass is 10.1. The number of amides is 2. The van der Waals surface area contributed by atoms with Crippen LogP contribution >= 0.6 is 0 Å². The van der Waals surface area contributed by atoms with Crippen LogP contribution in [0.3, 0.4) is 0 Å². The number of urea groups is 1. The van der Waals surface area contributed by atoms with Crippen LogP contribution in [-0.4, -0.2) is 43.2 Å². The average Bonchev–Trinajstić information content (AvgIpc) is 3.01. The van der Waals surface area contributed by atoms with E-state index in [4.69, 9.17) is 0 Å². The predicted molar refractivity (Wildman–Crippen MR) is 64.4 cm³/mol. The molecule has 2 fully saturated rings. The Bertz CT molecular complexity index is 240. The Morgan fingerprint density at radius 3 is 2.94 bits per heavy atom. The van der Waals surface area contributed by atoms with Crippen molar-refractivity contribution in [2.24, 2.45) is 5.92 Å². The van der Waals surface area contributed by atoms with Gasteiger partial charge in [-0.25, -0.2) is 4.79 Å². The highest BCUT2D eigenvalue weighted by Gasteiger charge is 2.24. The van der Waals surface area contributed by atoms with Crippen molar-refractivity contribution in [3.63, 3.8) is 0 Å². The second-order valence-electron chi connectivity index (χ2n) is 4.96. The van der Waals surface area contributed by atoms with E-state index in [0.29, 0.717) is 6.04 Å². The summed E-state index contributed by atoms with van der Waals surface area (Å²) in [4.78, 5) is 13.2. The largest absolute Gasteiger partial charge is 0.336 e. The Hall–Kier alpha value is -0.770. The topological polar surface area (TPSA) is 44.4 Å². The van der Waals surface area contributed by atoms with E-state index in [2.05, 4.69) is 17.6 Å². The summed E-state index contributed by atoms with van der Waals surface area (Å²) in [5.41, 5.74) is 0. The van der Waals surface area contributed by atoms with Gasteiger partial charge < -0.3 is 15.5 Å². The van der Waals surface area contributed by atoms with E-state index in [1.165, 1.54) is 25.7 Å². The van der Waals surface area contributed by atoms with Gasteiger partial charge in [-0.1, -0.05) is 19.8 Å². The van der Waals surface area contributed by atoms with Gasteiger partial charge in [-0.15, -0.1) is 0 Å². The van der Waals surface area contributed by atoms with Crippen molar-refractivity contribution < 1.29 is 4.79 Å². The number of nitrogens with one attached hydrogen (secondary N) is 2. The summed E-state index contributed by atoms with van der Waals surface area (Å²) in [5.74, 6) is 0.979. The molecule has 16 heavy (non-hydrogen) atoms. The standard InChI is InChI=1S/C12H23N3O/c1-2-11(9-10-3-4-10)13-5-7-15-8-6-14-12(15)16/h10-11,13H,2-9H2,1H3,(H,14,16). The Kier molecular flexibility index (Phi) is 4.04. The average molecular weight is 225 g/mol. The molecule has 1 saturated carbocycles. The highest BCUT2D eigenvalue weighted by molar-refractivity contribution is 5.76. The lowest BCUT2D eigenvalue weighted by Crippen LogP contribution is -2.38. The van der Waals surface area contributed by atoms with Crippen molar-refractivity contribution in [1.29, 1.82) is 0 Å². The normalized spacial score (nSPS) is 22.3. The van der Waals surface area contributed by atoms with Gasteiger partial charge in [0.15, 0.2) is 0 Å². The fraction of sp³-hybridized carbons (Fsp3) is 0.917. The van der Waals surface area contributed by atoms with Gasteiger partial charge in [0.25, 0.3) is 0 Å². The number of hydrogen-bond donors (Lipinski definition) is 2. The molecule has 2 amide bonds. The van der Waals surface area contributed by atoms with Crippen LogP contribution in [0.4, 0.5) is 4.79 Å². The molecule has 1 heterocycles. The third kappa shape index (κ3) is 3.37. The quantitative estimate of drug-likeness (QED) is 0.683. The maximum Gasteiger partial charge on any atom is 0.317 e. The highest BCUT2D eigenvalue weighted by Crippen LogP contribution is 2.33. The molecule has 1 aliphatic heterocycles. The van der Waals surface area contributed by atoms with Crippen LogP contribution in [0.25, 0.3) is 0 Å². The van der Waals surface area contributed by atoms with Crippen molar-refractivity contribution in [2.45, 2.75) is 38.6 Å². The van der Waals surface area contributed by atoms with E-state index in [1.807, 2.05) is 4.90 Å². The fourth-order valence-electron chi connectivity index (χ4n) is 2.28. The number of carbonyl (C=O) groups excluding carboxylic acids is 1. The smallest absolute Gasteiger partial charge is 0.317 e. The van der Waals surface area contributed by atoms with Gasteiger partial charge in [-0.05, 0) is 18.8 Å². The second-order valence-corrected chi connectivity index (χ2v) is 4.96. The van der Waals surface area contributed by atoms with Crippen LogP contribution in [-0.2, 0) is 0 Å². The fourth-order valence-corrected chi connectivity index (χ4v) is 2.28. The summed E-state index contributed by atoms with van der Waals surface area (Å²) >= 11 is 0. The van der Waals surface area contributed by atoms with Gasteiger partial charge in [0, 0.05) is 32.2 Å². The van der Waals surface area contributed by atoms with Crippen LogP contribution in [0, 0.1) is 5.92 Å². The Labute approximate surface area is 97.8 Å². The second kappa shape index (κ2) is 5.53. The van der Waals surface area contributed by atoms with Crippen LogP contribution < -0.4 is 10.6 Å². The molecule has 1 aliphatic carbocycles. The predicted octanol–water partition coefficient (Wildman–Crippen LogP) is 1.18. The molecule has 92 valence electrons. The molecule has 0 aromatic heterocycles. The monoisotopic (exact) mass is 225 g/mol. The summed E-state index contributed by atoms with van der Waals surface area (Å²) in [6.45, 7) is 5.67. The molecule has 1 unspecified atom stereocenters. The molecular weight excluding hydrogens is 202 g/mol. The molecule has 0 radical (unpaired) electrons. The minimum Gasteiger partial charge on any atom is -0.336 e. The van der Waals surface area contributed by atoms with Gasteiger partial charge in [-0.2, -0.15) is 0 Å². The minimum absolute atomic E-state index is 0.0945. The maximum absolute atomic E-state index is 11.3. The number of rotatable bonds is 7. The van der Waals surface area contributed by atoms with Crippen molar-refractivity contribution >= 4 is 6.03 Å². The molecule has 2 aliphatic rings. The molecule has 0 aromatic carbocycles. The zero-order valence-corrected chi connectivity index (χ0v) is 10.2. The number of carbonyl (C=O) groups is 1. The third-order valence-corrected chi connectivity index (χ3v) is 3.57. The molecule has 2 N–H and O–H groups in total. The number of nitrogens with zero attached hydrogens (tertiary/aromatic N) is 1. The molecule has 0 bridgehead atoms. The Morgan fingerprint density at radius 1 is 1.56 bits per heavy atom. The van der Waals surface area contributed by atoms with Gasteiger partial charge >= 0.3 is 6.03 Å². The van der Waals surface area contributed by atoms with Crippen molar-refractivity contribution in [3.8, 4) is 0 Å². The molecule has 1 saturated heterocycles. The minimum atomic E-state index is 0.0945. The van der Waals surface area contributed by atoms with Gasteiger partial charge in [0.1, 0.15) is 0 Å². The van der Waals surface area contributed by atoms with Gasteiger partial charge in [-0.3, -0.25) is 0 Å². The first-order chi connectivity index (χ1) is 7.79.